The first-order chi connectivity index (χ1) is 17.6. The summed E-state index contributed by atoms with van der Waals surface area (Å²) >= 11 is 6.64. The lowest BCUT2D eigenvalue weighted by Crippen LogP contribution is -2.21. The number of aromatic nitrogens is 2. The molecule has 36 heavy (non-hydrogen) atoms. The minimum Gasteiger partial charge on any atom is -0.468 e. The van der Waals surface area contributed by atoms with Gasteiger partial charge >= 0.3 is 5.97 Å². The van der Waals surface area contributed by atoms with Gasteiger partial charge < -0.3 is 14.5 Å². The summed E-state index contributed by atoms with van der Waals surface area (Å²) in [7, 11) is 1.43. The number of carbonyl (C=O) groups is 1. The van der Waals surface area contributed by atoms with Gasteiger partial charge in [0, 0.05) is 5.56 Å². The number of rotatable bonds is 6. The van der Waals surface area contributed by atoms with E-state index in [0.717, 1.165) is 46.1 Å². The average molecular weight is 495 g/mol. The summed E-state index contributed by atoms with van der Waals surface area (Å²) < 4.78 is 10.9. The van der Waals surface area contributed by atoms with E-state index in [-0.39, 0.29) is 5.97 Å². The van der Waals surface area contributed by atoms with Crippen LogP contribution in [0.2, 0.25) is 5.02 Å². The Bertz CT molecular complexity index is 1550. The van der Waals surface area contributed by atoms with Gasteiger partial charge in [-0.2, -0.15) is 4.98 Å². The summed E-state index contributed by atoms with van der Waals surface area (Å²) in [6.07, 6.45) is 1.61. The van der Waals surface area contributed by atoms with Gasteiger partial charge in [0.25, 0.3) is 6.01 Å². The van der Waals surface area contributed by atoms with Crippen LogP contribution in [0.15, 0.2) is 91.0 Å². The van der Waals surface area contributed by atoms with E-state index in [1.807, 2.05) is 54.6 Å². The highest BCUT2D eigenvalue weighted by molar-refractivity contribution is 6.34. The van der Waals surface area contributed by atoms with Gasteiger partial charge in [-0.1, -0.05) is 78.3 Å². The van der Waals surface area contributed by atoms with Crippen LogP contribution < -0.4 is 4.74 Å². The van der Waals surface area contributed by atoms with E-state index >= 15 is 0 Å². The van der Waals surface area contributed by atoms with Crippen molar-refractivity contribution >= 4 is 28.6 Å². The topological polar surface area (TPSA) is 64.2 Å². The molecule has 1 aliphatic rings. The van der Waals surface area contributed by atoms with Crippen LogP contribution in [0.25, 0.3) is 33.3 Å². The van der Waals surface area contributed by atoms with Gasteiger partial charge in [0.15, 0.2) is 0 Å². The van der Waals surface area contributed by atoms with Crippen LogP contribution in [-0.2, 0) is 14.9 Å². The fourth-order valence-corrected chi connectivity index (χ4v) is 4.91. The molecule has 0 spiro atoms. The number of hydrogen-bond acceptors (Lipinski definition) is 4. The number of fused-ring (bicyclic) bond motifs is 1. The van der Waals surface area contributed by atoms with E-state index in [4.69, 9.17) is 21.1 Å². The molecule has 1 aromatic heterocycles. The first-order valence-electron chi connectivity index (χ1n) is 11.8. The molecular formula is C30H23ClN2O3. The molecule has 0 bridgehead atoms. The third-order valence-electron chi connectivity index (χ3n) is 6.80. The number of benzene rings is 4. The molecular weight excluding hydrogens is 472 g/mol. The van der Waals surface area contributed by atoms with Crippen molar-refractivity contribution in [1.82, 2.24) is 9.97 Å². The van der Waals surface area contributed by atoms with E-state index in [2.05, 4.69) is 46.4 Å². The number of nitrogens with zero attached hydrogens (tertiary/aromatic N) is 1. The Morgan fingerprint density at radius 1 is 0.889 bits per heavy atom. The van der Waals surface area contributed by atoms with Gasteiger partial charge in [0.1, 0.15) is 5.75 Å². The van der Waals surface area contributed by atoms with Crippen LogP contribution in [0.5, 0.6) is 11.8 Å². The predicted octanol–water partition coefficient (Wildman–Crippen LogP) is 7.55. The van der Waals surface area contributed by atoms with Crippen molar-refractivity contribution in [3.63, 3.8) is 0 Å². The maximum atomic E-state index is 12.1. The Kier molecular flexibility index (Phi) is 5.50. The lowest BCUT2D eigenvalue weighted by Gasteiger charge is -2.13. The summed E-state index contributed by atoms with van der Waals surface area (Å²) in [5, 5.41) is 0.632. The zero-order valence-electron chi connectivity index (χ0n) is 19.6. The van der Waals surface area contributed by atoms with Crippen molar-refractivity contribution in [2.45, 2.75) is 18.3 Å². The second-order valence-electron chi connectivity index (χ2n) is 9.03. The average Bonchev–Trinajstić information content (AvgIpc) is 3.64. The van der Waals surface area contributed by atoms with Crippen LogP contribution in [0.3, 0.4) is 0 Å². The zero-order valence-corrected chi connectivity index (χ0v) is 20.4. The summed E-state index contributed by atoms with van der Waals surface area (Å²) in [5.41, 5.74) is 6.24. The van der Waals surface area contributed by atoms with Crippen molar-refractivity contribution < 1.29 is 14.3 Å². The Morgan fingerprint density at radius 3 is 2.22 bits per heavy atom. The minimum absolute atomic E-state index is 0.184. The number of methoxy groups -OCH3 is 1. The number of H-pyrrole nitrogens is 1. The molecule has 1 saturated carbocycles. The van der Waals surface area contributed by atoms with Crippen molar-refractivity contribution in [2.75, 3.05) is 7.11 Å². The van der Waals surface area contributed by atoms with Crippen LogP contribution in [0, 0.1) is 0 Å². The first kappa shape index (κ1) is 22.4. The quantitative estimate of drug-likeness (QED) is 0.247. The molecule has 0 atom stereocenters. The van der Waals surface area contributed by atoms with E-state index in [1.54, 1.807) is 0 Å². The predicted molar refractivity (Wildman–Crippen MR) is 141 cm³/mol. The molecule has 5 nitrogen and oxygen atoms in total. The van der Waals surface area contributed by atoms with Crippen LogP contribution in [0.1, 0.15) is 18.4 Å². The van der Waals surface area contributed by atoms with Crippen molar-refractivity contribution in [3.05, 3.63) is 102 Å². The van der Waals surface area contributed by atoms with Gasteiger partial charge in [0.05, 0.1) is 28.6 Å². The Labute approximate surface area is 213 Å². The molecule has 0 unspecified atom stereocenters. The van der Waals surface area contributed by atoms with Crippen molar-refractivity contribution in [1.29, 1.82) is 0 Å². The summed E-state index contributed by atoms with van der Waals surface area (Å²) in [4.78, 5) is 19.9. The number of ether oxygens (including phenoxy) is 2. The van der Waals surface area contributed by atoms with E-state index in [0.29, 0.717) is 16.8 Å². The number of hydrogen-bond donors (Lipinski definition) is 1. The summed E-state index contributed by atoms with van der Waals surface area (Å²) in [6.45, 7) is 0. The monoisotopic (exact) mass is 494 g/mol. The standard InChI is InChI=1S/C30H23ClN2O3/c1-35-28(34)30(15-16-30)22-11-13-23(14-12-22)36-29-32-26-17-24(25(31)18-27(26)33-29)21-9-7-20(8-10-21)19-5-3-2-4-6-19/h2-14,17-18H,15-16H2,1H3,(H,32,33). The second kappa shape index (κ2) is 8.85. The third-order valence-corrected chi connectivity index (χ3v) is 7.11. The van der Waals surface area contributed by atoms with E-state index in [9.17, 15) is 4.79 Å². The highest BCUT2D eigenvalue weighted by Gasteiger charge is 2.52. The van der Waals surface area contributed by atoms with Crippen LogP contribution in [-0.4, -0.2) is 23.0 Å². The van der Waals surface area contributed by atoms with Gasteiger partial charge in [-0.3, -0.25) is 4.79 Å². The lowest BCUT2D eigenvalue weighted by molar-refractivity contribution is -0.143. The highest BCUT2D eigenvalue weighted by atomic mass is 35.5. The Morgan fingerprint density at radius 2 is 1.56 bits per heavy atom. The first-order valence-corrected chi connectivity index (χ1v) is 12.2. The molecule has 0 aliphatic heterocycles. The molecule has 5 aromatic rings. The molecule has 1 heterocycles. The molecule has 1 N–H and O–H groups in total. The summed E-state index contributed by atoms with van der Waals surface area (Å²) in [5.74, 6) is 0.442. The second-order valence-corrected chi connectivity index (χ2v) is 9.44. The molecule has 178 valence electrons. The Hall–Kier alpha value is -4.09. The van der Waals surface area contributed by atoms with Crippen molar-refractivity contribution in [3.8, 4) is 34.0 Å². The summed E-state index contributed by atoms with van der Waals surface area (Å²) in [6, 6.07) is 30.3. The largest absolute Gasteiger partial charge is 0.468 e. The molecule has 1 aliphatic carbocycles. The van der Waals surface area contributed by atoms with Crippen LogP contribution >= 0.6 is 11.6 Å². The fourth-order valence-electron chi connectivity index (χ4n) is 4.63. The lowest BCUT2D eigenvalue weighted by atomic mass is 9.96. The SMILES string of the molecule is COC(=O)C1(c2ccc(Oc3nc4cc(-c5ccc(-c6ccccc6)cc5)c(Cl)cc4[nH]3)cc2)CC1. The van der Waals surface area contributed by atoms with Crippen molar-refractivity contribution in [2.24, 2.45) is 0 Å². The maximum Gasteiger partial charge on any atom is 0.316 e. The number of imidazole rings is 1. The fraction of sp³-hybridized carbons (Fsp3) is 0.133. The number of esters is 1. The minimum atomic E-state index is -0.501. The number of halogens is 1. The molecule has 6 rings (SSSR count). The van der Waals surface area contributed by atoms with Gasteiger partial charge in [0.2, 0.25) is 0 Å². The van der Waals surface area contributed by atoms with E-state index < -0.39 is 5.41 Å². The van der Waals surface area contributed by atoms with Gasteiger partial charge in [-0.15, -0.1) is 0 Å². The molecule has 6 heteroatoms. The maximum absolute atomic E-state index is 12.1. The van der Waals surface area contributed by atoms with E-state index in [1.165, 1.54) is 12.7 Å². The molecule has 0 amide bonds. The highest BCUT2D eigenvalue weighted by Crippen LogP contribution is 2.49. The normalized spacial score (nSPS) is 13.9. The zero-order chi connectivity index (χ0) is 24.7. The number of carbonyl (C=O) groups excluding carboxylic acids is 1. The molecule has 4 aromatic carbocycles. The number of aromatic amines is 1. The molecule has 0 radical (unpaired) electrons. The van der Waals surface area contributed by atoms with Gasteiger partial charge in [-0.25, -0.2) is 0 Å². The number of nitrogens with one attached hydrogen (secondary N) is 1. The third kappa shape index (κ3) is 4.01. The van der Waals surface area contributed by atoms with Crippen LogP contribution in [0.4, 0.5) is 0 Å². The molecule has 0 saturated heterocycles. The van der Waals surface area contributed by atoms with Gasteiger partial charge in [-0.05, 0) is 59.4 Å². The Balaban J connectivity index is 1.23. The smallest absolute Gasteiger partial charge is 0.316 e. The molecule has 1 fully saturated rings.